The van der Waals surface area contributed by atoms with Gasteiger partial charge in [0.05, 0.1) is 23.0 Å². The lowest BCUT2D eigenvalue weighted by Gasteiger charge is -2.13. The number of rotatable bonds is 2. The first-order chi connectivity index (χ1) is 9.63. The normalized spacial score (nSPS) is 12.7. The van der Waals surface area contributed by atoms with Crippen LogP contribution in [0, 0.1) is 0 Å². The average molecular weight is 373 g/mol. The van der Waals surface area contributed by atoms with Crippen LogP contribution in [0.15, 0.2) is 30.6 Å². The van der Waals surface area contributed by atoms with Gasteiger partial charge in [-0.25, -0.2) is 4.68 Å². The molecular formula is C12H7BrF6N2. The molecule has 0 aliphatic heterocycles. The zero-order chi connectivity index (χ0) is 15.8. The Morgan fingerprint density at radius 3 is 2.19 bits per heavy atom. The maximum atomic E-state index is 12.9. The molecule has 0 fully saturated rings. The first kappa shape index (κ1) is 15.9. The van der Waals surface area contributed by atoms with Crippen molar-refractivity contribution < 1.29 is 26.3 Å². The third-order valence-electron chi connectivity index (χ3n) is 2.72. The summed E-state index contributed by atoms with van der Waals surface area (Å²) in [6, 6.07) is 3.24. The molecule has 0 bridgehead atoms. The van der Waals surface area contributed by atoms with Crippen molar-refractivity contribution in [1.82, 2.24) is 9.78 Å². The molecule has 2 aromatic rings. The van der Waals surface area contributed by atoms with Gasteiger partial charge in [-0.05, 0) is 17.7 Å². The van der Waals surface area contributed by atoms with Gasteiger partial charge in [-0.15, -0.1) is 0 Å². The van der Waals surface area contributed by atoms with Crippen LogP contribution in [0.2, 0.25) is 0 Å². The number of alkyl halides is 7. The van der Waals surface area contributed by atoms with E-state index in [1.165, 1.54) is 12.1 Å². The van der Waals surface area contributed by atoms with Gasteiger partial charge in [0.25, 0.3) is 0 Å². The topological polar surface area (TPSA) is 17.8 Å². The SMILES string of the molecule is FC(F)(F)c1cnn(-c2ccc(CBr)c(C(F)(F)F)c2)c1. The highest BCUT2D eigenvalue weighted by Gasteiger charge is 2.34. The minimum Gasteiger partial charge on any atom is -0.240 e. The molecule has 0 N–H and O–H groups in total. The van der Waals surface area contributed by atoms with Gasteiger partial charge in [-0.1, -0.05) is 22.0 Å². The van der Waals surface area contributed by atoms with Crippen molar-refractivity contribution >= 4 is 15.9 Å². The van der Waals surface area contributed by atoms with E-state index >= 15 is 0 Å². The lowest BCUT2D eigenvalue weighted by Crippen LogP contribution is -2.10. The van der Waals surface area contributed by atoms with E-state index in [4.69, 9.17) is 0 Å². The molecule has 2 rings (SSSR count). The minimum absolute atomic E-state index is 0.00514. The van der Waals surface area contributed by atoms with E-state index in [0.717, 1.165) is 10.7 Å². The second kappa shape index (κ2) is 5.36. The molecule has 0 aliphatic rings. The van der Waals surface area contributed by atoms with Gasteiger partial charge in [0.15, 0.2) is 0 Å². The summed E-state index contributed by atoms with van der Waals surface area (Å²) >= 11 is 2.94. The fourth-order valence-corrected chi connectivity index (χ4v) is 2.19. The van der Waals surface area contributed by atoms with E-state index in [9.17, 15) is 26.3 Å². The second-order valence-corrected chi connectivity index (χ2v) is 4.70. The largest absolute Gasteiger partial charge is 0.419 e. The zero-order valence-electron chi connectivity index (χ0n) is 10.1. The molecule has 0 atom stereocenters. The molecule has 0 radical (unpaired) electrons. The predicted molar refractivity (Wildman–Crippen MR) is 66.2 cm³/mol. The molecule has 114 valence electrons. The van der Waals surface area contributed by atoms with Gasteiger partial charge in [-0.2, -0.15) is 31.4 Å². The van der Waals surface area contributed by atoms with Crippen LogP contribution in [0.3, 0.4) is 0 Å². The molecule has 9 heteroatoms. The first-order valence-electron chi connectivity index (χ1n) is 5.51. The standard InChI is InChI=1S/C12H7BrF6N2/c13-4-7-1-2-9(3-10(7)12(17,18)19)21-6-8(5-20-21)11(14,15)16/h1-3,5-6H,4H2. The Labute approximate surface area is 123 Å². The third-order valence-corrected chi connectivity index (χ3v) is 3.32. The summed E-state index contributed by atoms with van der Waals surface area (Å²) in [5.41, 5.74) is -2.04. The highest BCUT2D eigenvalue weighted by Crippen LogP contribution is 2.35. The molecule has 2 nitrogen and oxygen atoms in total. The number of nitrogens with zero attached hydrogens (tertiary/aromatic N) is 2. The van der Waals surface area contributed by atoms with Gasteiger partial charge in [-0.3, -0.25) is 0 Å². The summed E-state index contributed by atoms with van der Waals surface area (Å²) < 4.78 is 76.8. The Balaban J connectivity index is 2.48. The number of halogens is 7. The highest BCUT2D eigenvalue weighted by atomic mass is 79.9. The van der Waals surface area contributed by atoms with Crippen LogP contribution in [0.4, 0.5) is 26.3 Å². The van der Waals surface area contributed by atoms with Crippen LogP contribution in [-0.2, 0) is 17.7 Å². The van der Waals surface area contributed by atoms with Crippen molar-refractivity contribution in [1.29, 1.82) is 0 Å². The van der Waals surface area contributed by atoms with Crippen molar-refractivity contribution in [2.45, 2.75) is 17.7 Å². The average Bonchev–Trinajstić information content (AvgIpc) is 2.86. The first-order valence-corrected chi connectivity index (χ1v) is 6.63. The van der Waals surface area contributed by atoms with Crippen LogP contribution < -0.4 is 0 Å². The van der Waals surface area contributed by atoms with Crippen molar-refractivity contribution in [2.75, 3.05) is 0 Å². The Morgan fingerprint density at radius 2 is 1.71 bits per heavy atom. The van der Waals surface area contributed by atoms with E-state index in [1.54, 1.807) is 0 Å². The lowest BCUT2D eigenvalue weighted by atomic mass is 10.1. The maximum Gasteiger partial charge on any atom is 0.419 e. The minimum atomic E-state index is -4.60. The summed E-state index contributed by atoms with van der Waals surface area (Å²) in [5, 5.41) is 3.43. The van der Waals surface area contributed by atoms with Crippen LogP contribution in [0.5, 0.6) is 0 Å². The van der Waals surface area contributed by atoms with Crippen molar-refractivity contribution in [3.05, 3.63) is 47.3 Å². The Bertz CT molecular complexity index is 644. The Morgan fingerprint density at radius 1 is 1.05 bits per heavy atom. The van der Waals surface area contributed by atoms with Crippen LogP contribution in [0.1, 0.15) is 16.7 Å². The third kappa shape index (κ3) is 3.39. The van der Waals surface area contributed by atoms with Gasteiger partial charge >= 0.3 is 12.4 Å². The van der Waals surface area contributed by atoms with E-state index in [0.29, 0.717) is 12.4 Å². The summed E-state index contributed by atoms with van der Waals surface area (Å²) in [5.74, 6) is 0. The van der Waals surface area contributed by atoms with Crippen LogP contribution in [-0.4, -0.2) is 9.78 Å². The van der Waals surface area contributed by atoms with Crippen molar-refractivity contribution in [3.8, 4) is 5.69 Å². The van der Waals surface area contributed by atoms with Gasteiger partial charge < -0.3 is 0 Å². The predicted octanol–water partition coefficient (Wildman–Crippen LogP) is 4.80. The Kier molecular flexibility index (Phi) is 4.05. The molecule has 0 spiro atoms. The van der Waals surface area contributed by atoms with E-state index < -0.39 is 23.5 Å². The van der Waals surface area contributed by atoms with Gasteiger partial charge in [0, 0.05) is 11.5 Å². The molecule has 0 unspecified atom stereocenters. The molecule has 0 amide bonds. The fraction of sp³-hybridized carbons (Fsp3) is 0.250. The zero-order valence-corrected chi connectivity index (χ0v) is 11.7. The van der Waals surface area contributed by atoms with Gasteiger partial charge in [0.1, 0.15) is 0 Å². The quantitative estimate of drug-likeness (QED) is 0.546. The summed E-state index contributed by atoms with van der Waals surface area (Å²) in [7, 11) is 0. The molecule has 1 aromatic heterocycles. The Hall–Kier alpha value is -1.51. The second-order valence-electron chi connectivity index (χ2n) is 4.14. The number of aromatic nitrogens is 2. The summed E-state index contributed by atoms with van der Waals surface area (Å²) in [6.07, 6.45) is -7.99. The number of benzene rings is 1. The number of hydrogen-bond acceptors (Lipinski definition) is 1. The maximum absolute atomic E-state index is 12.9. The molecule has 0 saturated carbocycles. The molecule has 1 aromatic carbocycles. The van der Waals surface area contributed by atoms with Crippen LogP contribution in [0.25, 0.3) is 5.69 Å². The van der Waals surface area contributed by atoms with E-state index in [2.05, 4.69) is 21.0 Å². The van der Waals surface area contributed by atoms with E-state index in [1.807, 2.05) is 0 Å². The smallest absolute Gasteiger partial charge is 0.240 e. The van der Waals surface area contributed by atoms with E-state index in [-0.39, 0.29) is 16.6 Å². The summed E-state index contributed by atoms with van der Waals surface area (Å²) in [6.45, 7) is 0. The number of hydrogen-bond donors (Lipinski definition) is 0. The van der Waals surface area contributed by atoms with Gasteiger partial charge in [0.2, 0.25) is 0 Å². The van der Waals surface area contributed by atoms with Crippen LogP contribution >= 0.6 is 15.9 Å². The molecule has 0 saturated heterocycles. The monoisotopic (exact) mass is 372 g/mol. The lowest BCUT2D eigenvalue weighted by molar-refractivity contribution is -0.138. The molecular weight excluding hydrogens is 366 g/mol. The molecule has 21 heavy (non-hydrogen) atoms. The van der Waals surface area contributed by atoms with Crippen molar-refractivity contribution in [3.63, 3.8) is 0 Å². The molecule has 0 aliphatic carbocycles. The van der Waals surface area contributed by atoms with Crippen molar-refractivity contribution in [2.24, 2.45) is 0 Å². The fourth-order valence-electron chi connectivity index (χ4n) is 1.70. The molecule has 1 heterocycles. The summed E-state index contributed by atoms with van der Waals surface area (Å²) in [4.78, 5) is 0. The highest BCUT2D eigenvalue weighted by molar-refractivity contribution is 9.08.